The van der Waals surface area contributed by atoms with Crippen molar-refractivity contribution in [1.29, 1.82) is 0 Å². The van der Waals surface area contributed by atoms with Crippen molar-refractivity contribution in [2.75, 3.05) is 13.6 Å². The molecule has 5 nitrogen and oxygen atoms in total. The summed E-state index contributed by atoms with van der Waals surface area (Å²) < 4.78 is 2.03. The zero-order valence-corrected chi connectivity index (χ0v) is 11.5. The third-order valence-electron chi connectivity index (χ3n) is 3.41. The number of nitrogens with one attached hydrogen (secondary N) is 1. The van der Waals surface area contributed by atoms with Gasteiger partial charge in [-0.05, 0) is 25.7 Å². The van der Waals surface area contributed by atoms with Crippen molar-refractivity contribution in [2.45, 2.75) is 38.3 Å². The lowest BCUT2D eigenvalue weighted by Crippen LogP contribution is -2.43. The molecule has 1 heterocycles. The Hall–Kier alpha value is -1.78. The summed E-state index contributed by atoms with van der Waals surface area (Å²) in [5, 5.41) is 3.08. The molecule has 2 amide bonds. The topological polar surface area (TPSA) is 50.2 Å². The molecule has 1 aliphatic carbocycles. The van der Waals surface area contributed by atoms with Crippen LogP contribution in [0.1, 0.15) is 25.7 Å². The van der Waals surface area contributed by atoms with E-state index in [0.29, 0.717) is 6.04 Å². The third kappa shape index (κ3) is 4.43. The minimum atomic E-state index is 0.0333. The average Bonchev–Trinajstić information content (AvgIpc) is 2.93. The van der Waals surface area contributed by atoms with Gasteiger partial charge >= 0.3 is 6.03 Å². The van der Waals surface area contributed by atoms with Crippen LogP contribution < -0.4 is 5.32 Å². The molecule has 0 aromatic carbocycles. The van der Waals surface area contributed by atoms with Gasteiger partial charge < -0.3 is 14.8 Å². The maximum absolute atomic E-state index is 12.0. The lowest BCUT2D eigenvalue weighted by Gasteiger charge is -2.24. The van der Waals surface area contributed by atoms with Gasteiger partial charge in [-0.2, -0.15) is 0 Å². The zero-order chi connectivity index (χ0) is 13.5. The normalized spacial score (nSPS) is 18.3. The molecular weight excluding hydrogens is 240 g/mol. The largest absolute Gasteiger partial charge is 0.337 e. The van der Waals surface area contributed by atoms with Gasteiger partial charge in [0.25, 0.3) is 0 Å². The Bertz CT molecular complexity index is 413. The van der Waals surface area contributed by atoms with E-state index in [2.05, 4.69) is 22.5 Å². The highest BCUT2D eigenvalue weighted by Gasteiger charge is 2.15. The molecule has 0 fully saturated rings. The van der Waals surface area contributed by atoms with Gasteiger partial charge in [-0.1, -0.05) is 12.2 Å². The van der Waals surface area contributed by atoms with Crippen LogP contribution in [-0.4, -0.2) is 40.1 Å². The number of carbonyl (C=O) groups excluding carboxylic acids is 1. The van der Waals surface area contributed by atoms with Crippen LogP contribution in [-0.2, 0) is 6.54 Å². The van der Waals surface area contributed by atoms with Gasteiger partial charge in [-0.3, -0.25) is 0 Å². The van der Waals surface area contributed by atoms with E-state index in [4.69, 9.17) is 0 Å². The second-order valence-electron chi connectivity index (χ2n) is 5.01. The SMILES string of the molecule is CN(CCCn1ccnc1)C(=O)N[C@H]1CC=CCC1. The van der Waals surface area contributed by atoms with E-state index in [1.165, 1.54) is 0 Å². The highest BCUT2D eigenvalue weighted by Crippen LogP contribution is 2.10. The monoisotopic (exact) mass is 262 g/mol. The first-order valence-electron chi connectivity index (χ1n) is 6.88. The lowest BCUT2D eigenvalue weighted by molar-refractivity contribution is 0.202. The quantitative estimate of drug-likeness (QED) is 0.825. The van der Waals surface area contributed by atoms with Gasteiger partial charge in [0.2, 0.25) is 0 Å². The molecule has 5 heteroatoms. The summed E-state index contributed by atoms with van der Waals surface area (Å²) in [5.41, 5.74) is 0. The molecule has 1 aromatic heterocycles. The van der Waals surface area contributed by atoms with Crippen molar-refractivity contribution >= 4 is 6.03 Å². The molecule has 0 unspecified atom stereocenters. The number of rotatable bonds is 5. The van der Waals surface area contributed by atoms with Crippen molar-refractivity contribution < 1.29 is 4.79 Å². The van der Waals surface area contributed by atoms with Crippen molar-refractivity contribution in [2.24, 2.45) is 0 Å². The first-order chi connectivity index (χ1) is 9.25. The summed E-state index contributed by atoms with van der Waals surface area (Å²) in [6.45, 7) is 1.65. The highest BCUT2D eigenvalue weighted by atomic mass is 16.2. The predicted molar refractivity (Wildman–Crippen MR) is 74.8 cm³/mol. The number of nitrogens with zero attached hydrogens (tertiary/aromatic N) is 3. The predicted octanol–water partition coefficient (Wildman–Crippen LogP) is 2.02. The second kappa shape index (κ2) is 6.97. The van der Waals surface area contributed by atoms with Gasteiger partial charge in [0.15, 0.2) is 0 Å². The minimum Gasteiger partial charge on any atom is -0.337 e. The first kappa shape index (κ1) is 13.6. The number of amides is 2. The van der Waals surface area contributed by atoms with E-state index in [1.807, 2.05) is 17.8 Å². The van der Waals surface area contributed by atoms with Gasteiger partial charge in [0.1, 0.15) is 0 Å². The Balaban J connectivity index is 1.65. The van der Waals surface area contributed by atoms with Crippen LogP contribution in [0.4, 0.5) is 4.79 Å². The summed E-state index contributed by atoms with van der Waals surface area (Å²) in [7, 11) is 1.85. The van der Waals surface area contributed by atoms with E-state index < -0.39 is 0 Å². The van der Waals surface area contributed by atoms with E-state index in [9.17, 15) is 4.79 Å². The second-order valence-corrected chi connectivity index (χ2v) is 5.01. The number of aryl methyl sites for hydroxylation is 1. The molecule has 0 saturated carbocycles. The smallest absolute Gasteiger partial charge is 0.317 e. The Kier molecular flexibility index (Phi) is 5.01. The molecule has 19 heavy (non-hydrogen) atoms. The van der Waals surface area contributed by atoms with Gasteiger partial charge in [0.05, 0.1) is 6.33 Å². The Labute approximate surface area is 114 Å². The van der Waals surface area contributed by atoms with Crippen LogP contribution in [0.25, 0.3) is 0 Å². The molecule has 1 aromatic rings. The number of hydrogen-bond donors (Lipinski definition) is 1. The van der Waals surface area contributed by atoms with Gasteiger partial charge in [-0.15, -0.1) is 0 Å². The third-order valence-corrected chi connectivity index (χ3v) is 3.41. The number of imidazole rings is 1. The Morgan fingerprint density at radius 1 is 1.53 bits per heavy atom. The fourth-order valence-corrected chi connectivity index (χ4v) is 2.22. The van der Waals surface area contributed by atoms with Crippen molar-refractivity contribution in [3.05, 3.63) is 30.9 Å². The Morgan fingerprint density at radius 2 is 2.42 bits per heavy atom. The number of urea groups is 1. The van der Waals surface area contributed by atoms with Crippen LogP contribution >= 0.6 is 0 Å². The van der Waals surface area contributed by atoms with Crippen LogP contribution in [0.5, 0.6) is 0 Å². The molecule has 0 saturated heterocycles. The molecule has 1 N–H and O–H groups in total. The fourth-order valence-electron chi connectivity index (χ4n) is 2.22. The molecule has 0 spiro atoms. The summed E-state index contributed by atoms with van der Waals surface area (Å²) in [6.07, 6.45) is 13.8. The van der Waals surface area contributed by atoms with E-state index in [-0.39, 0.29) is 6.03 Å². The maximum atomic E-state index is 12.0. The number of aromatic nitrogens is 2. The molecule has 0 radical (unpaired) electrons. The summed E-state index contributed by atoms with van der Waals surface area (Å²) >= 11 is 0. The molecule has 104 valence electrons. The van der Waals surface area contributed by atoms with Crippen LogP contribution in [0.3, 0.4) is 0 Å². The van der Waals surface area contributed by atoms with Crippen molar-refractivity contribution in [3.63, 3.8) is 0 Å². The minimum absolute atomic E-state index is 0.0333. The standard InChI is InChI=1S/C14H22N4O/c1-17(9-5-10-18-11-8-15-12-18)14(19)16-13-6-3-2-4-7-13/h2-3,8,11-13H,4-7,9-10H2,1H3,(H,16,19)/t13-/m0/s1. The fraction of sp³-hybridized carbons (Fsp3) is 0.571. The molecule has 2 rings (SSSR count). The highest BCUT2D eigenvalue weighted by molar-refractivity contribution is 5.74. The number of carbonyl (C=O) groups is 1. The van der Waals surface area contributed by atoms with E-state index in [0.717, 1.165) is 38.8 Å². The molecule has 1 aliphatic rings. The summed E-state index contributed by atoms with van der Waals surface area (Å²) in [5.74, 6) is 0. The van der Waals surface area contributed by atoms with E-state index >= 15 is 0 Å². The van der Waals surface area contributed by atoms with Gasteiger partial charge in [-0.25, -0.2) is 9.78 Å². The van der Waals surface area contributed by atoms with Crippen LogP contribution in [0, 0.1) is 0 Å². The van der Waals surface area contributed by atoms with Crippen molar-refractivity contribution in [3.8, 4) is 0 Å². The van der Waals surface area contributed by atoms with Crippen LogP contribution in [0.2, 0.25) is 0 Å². The summed E-state index contributed by atoms with van der Waals surface area (Å²) in [4.78, 5) is 17.7. The number of allylic oxidation sites excluding steroid dienone is 1. The van der Waals surface area contributed by atoms with E-state index in [1.54, 1.807) is 17.4 Å². The van der Waals surface area contributed by atoms with Gasteiger partial charge in [0, 0.05) is 38.6 Å². The molecule has 1 atom stereocenters. The first-order valence-corrected chi connectivity index (χ1v) is 6.88. The Morgan fingerprint density at radius 3 is 3.11 bits per heavy atom. The maximum Gasteiger partial charge on any atom is 0.317 e. The molecular formula is C14H22N4O. The lowest BCUT2D eigenvalue weighted by atomic mass is 10.0. The zero-order valence-electron chi connectivity index (χ0n) is 11.5. The average molecular weight is 262 g/mol. The molecule has 0 aliphatic heterocycles. The molecule has 0 bridgehead atoms. The number of hydrogen-bond acceptors (Lipinski definition) is 2. The van der Waals surface area contributed by atoms with Crippen molar-refractivity contribution in [1.82, 2.24) is 19.8 Å². The van der Waals surface area contributed by atoms with Crippen LogP contribution in [0.15, 0.2) is 30.9 Å². The summed E-state index contributed by atoms with van der Waals surface area (Å²) in [6, 6.07) is 0.333.